The summed E-state index contributed by atoms with van der Waals surface area (Å²) in [6, 6.07) is 18.4. The zero-order valence-corrected chi connectivity index (χ0v) is 13.4. The minimum atomic E-state index is -0.411. The van der Waals surface area contributed by atoms with Gasteiger partial charge in [-0.3, -0.25) is 9.59 Å². The van der Waals surface area contributed by atoms with Crippen molar-refractivity contribution in [2.45, 2.75) is 31.7 Å². The van der Waals surface area contributed by atoms with Gasteiger partial charge in [0.05, 0.1) is 12.7 Å². The molecule has 0 unspecified atom stereocenters. The summed E-state index contributed by atoms with van der Waals surface area (Å²) < 4.78 is 11.3. The molecule has 0 N–H and O–H groups in total. The highest BCUT2D eigenvalue weighted by Gasteiger charge is 2.28. The summed E-state index contributed by atoms with van der Waals surface area (Å²) in [7, 11) is 0. The maximum absolute atomic E-state index is 12.2. The minimum absolute atomic E-state index is 0.0465. The summed E-state index contributed by atoms with van der Waals surface area (Å²) in [4.78, 5) is 24.2. The van der Waals surface area contributed by atoms with Crippen molar-refractivity contribution in [3.8, 4) is 0 Å². The smallest absolute Gasteiger partial charge is 0.165 e. The number of carbonyl (C=O) groups excluding carboxylic acids is 2. The number of hydrogen-bond donors (Lipinski definition) is 0. The number of hydrogen-bond acceptors (Lipinski definition) is 4. The van der Waals surface area contributed by atoms with Crippen molar-refractivity contribution in [1.29, 1.82) is 0 Å². The molecule has 0 radical (unpaired) electrons. The fraction of sp³-hybridized carbons (Fsp3) is 0.300. The van der Waals surface area contributed by atoms with Gasteiger partial charge in [-0.25, -0.2) is 0 Å². The van der Waals surface area contributed by atoms with Crippen LogP contribution in [0.25, 0.3) is 0 Å². The summed E-state index contributed by atoms with van der Waals surface area (Å²) in [6.45, 7) is 0.392. The average Bonchev–Trinajstić information content (AvgIpc) is 3.08. The summed E-state index contributed by atoms with van der Waals surface area (Å²) in [5, 5.41) is 0. The van der Waals surface area contributed by atoms with Crippen LogP contribution in [0, 0.1) is 0 Å². The first-order chi connectivity index (χ1) is 11.7. The molecule has 1 saturated heterocycles. The Balaban J connectivity index is 1.44. The van der Waals surface area contributed by atoms with E-state index in [-0.39, 0.29) is 17.7 Å². The second-order valence-electron chi connectivity index (χ2n) is 5.84. The number of carbonyl (C=O) groups is 2. The lowest BCUT2D eigenvalue weighted by Crippen LogP contribution is -2.17. The molecule has 1 heterocycles. The van der Waals surface area contributed by atoms with E-state index in [1.54, 1.807) is 24.3 Å². The quantitative estimate of drug-likeness (QED) is 0.729. The van der Waals surface area contributed by atoms with Gasteiger partial charge in [0.1, 0.15) is 0 Å². The minimum Gasteiger partial charge on any atom is -0.350 e. The molecule has 0 spiro atoms. The van der Waals surface area contributed by atoms with E-state index in [1.165, 1.54) is 0 Å². The van der Waals surface area contributed by atoms with Gasteiger partial charge in [0.15, 0.2) is 17.9 Å². The molecule has 1 aliphatic rings. The lowest BCUT2D eigenvalue weighted by molar-refractivity contribution is -0.0613. The van der Waals surface area contributed by atoms with E-state index in [9.17, 15) is 9.59 Å². The van der Waals surface area contributed by atoms with E-state index < -0.39 is 6.29 Å². The molecule has 3 rings (SSSR count). The van der Waals surface area contributed by atoms with Gasteiger partial charge in [0.2, 0.25) is 0 Å². The Morgan fingerprint density at radius 1 is 0.875 bits per heavy atom. The lowest BCUT2D eigenvalue weighted by Gasteiger charge is -2.11. The van der Waals surface area contributed by atoms with E-state index in [0.29, 0.717) is 37.0 Å². The van der Waals surface area contributed by atoms with Gasteiger partial charge in [0.25, 0.3) is 0 Å². The summed E-state index contributed by atoms with van der Waals surface area (Å²) in [5.41, 5.74) is 1.38. The van der Waals surface area contributed by atoms with Gasteiger partial charge in [-0.15, -0.1) is 0 Å². The Morgan fingerprint density at radius 3 is 2.08 bits per heavy atom. The zero-order valence-electron chi connectivity index (χ0n) is 13.4. The van der Waals surface area contributed by atoms with E-state index in [1.807, 2.05) is 36.4 Å². The van der Waals surface area contributed by atoms with E-state index in [0.717, 1.165) is 0 Å². The van der Waals surface area contributed by atoms with E-state index >= 15 is 0 Å². The number of rotatable bonds is 7. The first kappa shape index (κ1) is 16.6. The van der Waals surface area contributed by atoms with Crippen LogP contribution < -0.4 is 0 Å². The molecule has 124 valence electrons. The van der Waals surface area contributed by atoms with Crippen molar-refractivity contribution < 1.29 is 19.1 Å². The van der Waals surface area contributed by atoms with Crippen LogP contribution in [-0.2, 0) is 9.47 Å². The Morgan fingerprint density at radius 2 is 1.46 bits per heavy atom. The number of ether oxygens (including phenoxy) is 2. The van der Waals surface area contributed by atoms with Crippen molar-refractivity contribution in [2.75, 3.05) is 6.61 Å². The van der Waals surface area contributed by atoms with E-state index in [2.05, 4.69) is 0 Å². The molecule has 0 aliphatic carbocycles. The summed E-state index contributed by atoms with van der Waals surface area (Å²) in [5.74, 6) is 0.122. The highest BCUT2D eigenvalue weighted by atomic mass is 16.7. The van der Waals surface area contributed by atoms with Crippen molar-refractivity contribution in [3.05, 3.63) is 71.8 Å². The Bertz CT molecular complexity index is 681. The first-order valence-corrected chi connectivity index (χ1v) is 8.16. The van der Waals surface area contributed by atoms with Gasteiger partial charge in [-0.2, -0.15) is 0 Å². The molecule has 0 bridgehead atoms. The predicted octanol–water partition coefficient (Wildman–Crippen LogP) is 3.66. The largest absolute Gasteiger partial charge is 0.350 e. The van der Waals surface area contributed by atoms with Gasteiger partial charge in [-0.05, 0) is 0 Å². The molecule has 0 saturated carbocycles. The van der Waals surface area contributed by atoms with Gasteiger partial charge >= 0.3 is 0 Å². The van der Waals surface area contributed by atoms with Crippen LogP contribution in [0.2, 0.25) is 0 Å². The number of benzene rings is 2. The lowest BCUT2D eigenvalue weighted by atomic mass is 10.1. The fourth-order valence-corrected chi connectivity index (χ4v) is 2.73. The maximum Gasteiger partial charge on any atom is 0.165 e. The molecule has 2 aromatic rings. The number of ketones is 2. The SMILES string of the molecule is O=C(CC[C@@H]1OC[C@@H](CC(=O)c2ccccc2)O1)c1ccccc1. The van der Waals surface area contributed by atoms with Crippen molar-refractivity contribution in [1.82, 2.24) is 0 Å². The third kappa shape index (κ3) is 4.37. The van der Waals surface area contributed by atoms with Gasteiger partial charge < -0.3 is 9.47 Å². The molecule has 0 aromatic heterocycles. The Labute approximate surface area is 141 Å². The summed E-state index contributed by atoms with van der Waals surface area (Å²) >= 11 is 0. The standard InChI is InChI=1S/C20H20O4/c21-18(15-7-3-1-4-8-15)11-12-20-23-14-17(24-20)13-19(22)16-9-5-2-6-10-16/h1-10,17,20H,11-14H2/t17-,20-/m1/s1. The average molecular weight is 324 g/mol. The fourth-order valence-electron chi connectivity index (χ4n) is 2.73. The molecule has 4 nitrogen and oxygen atoms in total. The first-order valence-electron chi connectivity index (χ1n) is 8.16. The topological polar surface area (TPSA) is 52.6 Å². The summed E-state index contributed by atoms with van der Waals surface area (Å²) in [6.07, 6.45) is 0.519. The molecule has 4 heteroatoms. The molecule has 2 atom stereocenters. The molecule has 24 heavy (non-hydrogen) atoms. The third-order valence-corrected chi connectivity index (χ3v) is 4.02. The molecule has 0 amide bonds. The molecule has 2 aromatic carbocycles. The van der Waals surface area contributed by atoms with Crippen molar-refractivity contribution in [2.24, 2.45) is 0 Å². The monoisotopic (exact) mass is 324 g/mol. The predicted molar refractivity (Wildman–Crippen MR) is 90.0 cm³/mol. The van der Waals surface area contributed by atoms with Crippen LogP contribution in [0.15, 0.2) is 60.7 Å². The van der Waals surface area contributed by atoms with Crippen molar-refractivity contribution >= 4 is 11.6 Å². The number of Topliss-reactive ketones (excluding diaryl/α,β-unsaturated/α-hetero) is 2. The van der Waals surface area contributed by atoms with Crippen LogP contribution in [0.3, 0.4) is 0 Å². The zero-order chi connectivity index (χ0) is 16.8. The molecule has 1 fully saturated rings. The molecular formula is C20H20O4. The Kier molecular flexibility index (Phi) is 5.51. The second-order valence-corrected chi connectivity index (χ2v) is 5.84. The maximum atomic E-state index is 12.2. The van der Waals surface area contributed by atoms with Crippen molar-refractivity contribution in [3.63, 3.8) is 0 Å². The highest BCUT2D eigenvalue weighted by molar-refractivity contribution is 5.96. The van der Waals surface area contributed by atoms with Crippen LogP contribution in [-0.4, -0.2) is 30.6 Å². The van der Waals surface area contributed by atoms with E-state index in [4.69, 9.17) is 9.47 Å². The third-order valence-electron chi connectivity index (χ3n) is 4.02. The second kappa shape index (κ2) is 7.99. The van der Waals surface area contributed by atoms with Crippen LogP contribution in [0.4, 0.5) is 0 Å². The molecular weight excluding hydrogens is 304 g/mol. The highest BCUT2D eigenvalue weighted by Crippen LogP contribution is 2.21. The van der Waals surface area contributed by atoms with Crippen LogP contribution >= 0.6 is 0 Å². The molecule has 1 aliphatic heterocycles. The van der Waals surface area contributed by atoms with Crippen LogP contribution in [0.1, 0.15) is 40.0 Å². The Hall–Kier alpha value is -2.30. The van der Waals surface area contributed by atoms with Crippen LogP contribution in [0.5, 0.6) is 0 Å². The van der Waals surface area contributed by atoms with Gasteiger partial charge in [0, 0.05) is 30.4 Å². The normalized spacial score (nSPS) is 20.0. The van der Waals surface area contributed by atoms with Gasteiger partial charge in [-0.1, -0.05) is 60.7 Å².